The number of hydrogen-bond acceptors (Lipinski definition) is 4. The van der Waals surface area contributed by atoms with Gasteiger partial charge in [0.05, 0.1) is 12.2 Å². The van der Waals surface area contributed by atoms with Gasteiger partial charge in [-0.1, -0.05) is 34.1 Å². The van der Waals surface area contributed by atoms with Gasteiger partial charge < -0.3 is 19.7 Å². The maximum absolute atomic E-state index is 12.1. The fourth-order valence-electron chi connectivity index (χ4n) is 2.62. The van der Waals surface area contributed by atoms with Crippen molar-refractivity contribution in [3.05, 3.63) is 53.0 Å². The molecular formula is C19H19BrN2O4. The molecule has 7 heteroatoms. The molecule has 2 aromatic rings. The molecule has 6 nitrogen and oxygen atoms in total. The second-order valence-corrected chi connectivity index (χ2v) is 6.62. The Hall–Kier alpha value is -2.54. The maximum atomic E-state index is 12.1. The van der Waals surface area contributed by atoms with Crippen LogP contribution in [0.5, 0.6) is 11.5 Å². The predicted molar refractivity (Wildman–Crippen MR) is 102 cm³/mol. The van der Waals surface area contributed by atoms with E-state index in [0.29, 0.717) is 31.1 Å². The van der Waals surface area contributed by atoms with Crippen LogP contribution >= 0.6 is 15.9 Å². The molecular weight excluding hydrogens is 400 g/mol. The molecule has 0 aromatic heterocycles. The van der Waals surface area contributed by atoms with Crippen molar-refractivity contribution in [2.45, 2.75) is 6.42 Å². The second kappa shape index (κ2) is 8.71. The Labute approximate surface area is 160 Å². The second-order valence-electron chi connectivity index (χ2n) is 5.71. The van der Waals surface area contributed by atoms with Crippen LogP contribution < -0.4 is 19.7 Å². The zero-order valence-corrected chi connectivity index (χ0v) is 15.7. The van der Waals surface area contributed by atoms with Gasteiger partial charge in [0.15, 0.2) is 6.61 Å². The van der Waals surface area contributed by atoms with Gasteiger partial charge in [-0.25, -0.2) is 0 Å². The number of anilines is 1. The summed E-state index contributed by atoms with van der Waals surface area (Å²) in [4.78, 5) is 25.7. The lowest BCUT2D eigenvalue weighted by atomic mass is 10.2. The molecule has 3 rings (SSSR count). The number of nitrogens with zero attached hydrogens (tertiary/aromatic N) is 1. The molecule has 0 radical (unpaired) electrons. The monoisotopic (exact) mass is 418 g/mol. The third-order valence-corrected chi connectivity index (χ3v) is 4.35. The van der Waals surface area contributed by atoms with Crippen LogP contribution in [0, 0.1) is 0 Å². The van der Waals surface area contributed by atoms with Crippen LogP contribution in [0.4, 0.5) is 5.69 Å². The summed E-state index contributed by atoms with van der Waals surface area (Å²) in [5, 5.41) is 2.80. The van der Waals surface area contributed by atoms with Crippen molar-refractivity contribution in [1.29, 1.82) is 0 Å². The molecule has 136 valence electrons. The highest BCUT2D eigenvalue weighted by Crippen LogP contribution is 2.31. The maximum Gasteiger partial charge on any atom is 0.265 e. The molecule has 1 heterocycles. The molecule has 1 N–H and O–H groups in total. The van der Waals surface area contributed by atoms with Gasteiger partial charge >= 0.3 is 0 Å². The van der Waals surface area contributed by atoms with Gasteiger partial charge in [0.1, 0.15) is 18.1 Å². The van der Waals surface area contributed by atoms with Crippen molar-refractivity contribution < 1.29 is 19.1 Å². The van der Waals surface area contributed by atoms with Crippen molar-refractivity contribution in [2.24, 2.45) is 0 Å². The van der Waals surface area contributed by atoms with Crippen molar-refractivity contribution in [3.63, 3.8) is 0 Å². The summed E-state index contributed by atoms with van der Waals surface area (Å²) in [5.74, 6) is 1.13. The summed E-state index contributed by atoms with van der Waals surface area (Å²) in [6.07, 6.45) is 0.219. The average Bonchev–Trinajstić information content (AvgIpc) is 2.64. The van der Waals surface area contributed by atoms with Crippen LogP contribution in [0.2, 0.25) is 0 Å². The molecule has 1 aliphatic heterocycles. The minimum absolute atomic E-state index is 0.000885. The largest absolute Gasteiger partial charge is 0.492 e. The summed E-state index contributed by atoms with van der Waals surface area (Å²) < 4.78 is 11.9. The van der Waals surface area contributed by atoms with E-state index in [-0.39, 0.29) is 24.8 Å². The van der Waals surface area contributed by atoms with Gasteiger partial charge in [-0.2, -0.15) is 0 Å². The third kappa shape index (κ3) is 4.76. The molecule has 0 fully saturated rings. The van der Waals surface area contributed by atoms with Gasteiger partial charge in [-0.3, -0.25) is 9.59 Å². The molecule has 2 aromatic carbocycles. The summed E-state index contributed by atoms with van der Waals surface area (Å²) >= 11 is 3.38. The van der Waals surface area contributed by atoms with E-state index in [4.69, 9.17) is 9.47 Å². The number of fused-ring (bicyclic) bond motifs is 1. The number of hydrogen-bond donors (Lipinski definition) is 1. The van der Waals surface area contributed by atoms with E-state index in [9.17, 15) is 9.59 Å². The van der Waals surface area contributed by atoms with E-state index in [1.54, 1.807) is 4.90 Å². The highest BCUT2D eigenvalue weighted by atomic mass is 79.9. The normalized spacial score (nSPS) is 13.0. The first kappa shape index (κ1) is 18.3. The van der Waals surface area contributed by atoms with Crippen LogP contribution in [0.25, 0.3) is 0 Å². The highest BCUT2D eigenvalue weighted by Gasteiger charge is 2.25. The number of halogens is 1. The topological polar surface area (TPSA) is 67.9 Å². The Morgan fingerprint density at radius 1 is 1.23 bits per heavy atom. The zero-order valence-electron chi connectivity index (χ0n) is 14.1. The van der Waals surface area contributed by atoms with Gasteiger partial charge in [0.2, 0.25) is 5.91 Å². The van der Waals surface area contributed by atoms with Gasteiger partial charge in [-0.15, -0.1) is 0 Å². The first-order valence-corrected chi connectivity index (χ1v) is 9.10. The minimum atomic E-state index is -0.144. The molecule has 0 saturated heterocycles. The minimum Gasteiger partial charge on any atom is -0.492 e. The first-order valence-electron chi connectivity index (χ1n) is 8.31. The van der Waals surface area contributed by atoms with Crippen molar-refractivity contribution in [2.75, 3.05) is 31.2 Å². The summed E-state index contributed by atoms with van der Waals surface area (Å²) in [6, 6.07) is 14.8. The van der Waals surface area contributed by atoms with Crippen molar-refractivity contribution >= 4 is 33.4 Å². The van der Waals surface area contributed by atoms with Crippen LogP contribution in [0.1, 0.15) is 6.42 Å². The van der Waals surface area contributed by atoms with Crippen molar-refractivity contribution in [3.8, 4) is 11.5 Å². The first-order chi connectivity index (χ1) is 12.6. The van der Waals surface area contributed by atoms with E-state index in [1.165, 1.54) is 0 Å². The Balaban J connectivity index is 1.42. The quantitative estimate of drug-likeness (QED) is 0.701. The van der Waals surface area contributed by atoms with E-state index < -0.39 is 0 Å². The molecule has 26 heavy (non-hydrogen) atoms. The fourth-order valence-corrected chi connectivity index (χ4v) is 3.00. The van der Waals surface area contributed by atoms with Crippen molar-refractivity contribution in [1.82, 2.24) is 5.32 Å². The predicted octanol–water partition coefficient (Wildman–Crippen LogP) is 2.76. The fraction of sp³-hybridized carbons (Fsp3) is 0.263. The highest BCUT2D eigenvalue weighted by molar-refractivity contribution is 9.10. The summed E-state index contributed by atoms with van der Waals surface area (Å²) in [7, 11) is 0. The molecule has 1 aliphatic rings. The van der Waals surface area contributed by atoms with E-state index >= 15 is 0 Å². The molecule has 0 atom stereocenters. The Morgan fingerprint density at radius 3 is 2.92 bits per heavy atom. The molecule has 2 amide bonds. The number of para-hydroxylation sites is 2. The molecule has 0 unspecified atom stereocenters. The molecule has 0 bridgehead atoms. The lowest BCUT2D eigenvalue weighted by molar-refractivity contribution is -0.122. The number of nitrogens with one attached hydrogen (secondary N) is 1. The number of benzene rings is 2. The van der Waals surface area contributed by atoms with E-state index in [1.807, 2.05) is 48.5 Å². The number of ether oxygens (including phenoxy) is 2. The van der Waals surface area contributed by atoms with Gasteiger partial charge in [0.25, 0.3) is 5.91 Å². The Bertz CT molecular complexity index is 797. The molecule has 0 spiro atoms. The smallest absolute Gasteiger partial charge is 0.265 e. The summed E-state index contributed by atoms with van der Waals surface area (Å²) in [6.45, 7) is 1.09. The van der Waals surface area contributed by atoms with Gasteiger partial charge in [0, 0.05) is 17.4 Å². The lowest BCUT2D eigenvalue weighted by Gasteiger charge is -2.29. The standard InChI is InChI=1S/C19H19BrN2O4/c20-14-4-3-5-15(12-14)25-11-9-21-18(23)8-10-22-16-6-1-2-7-17(16)26-13-19(22)24/h1-7,12H,8-11,13H2,(H,21,23). The third-order valence-electron chi connectivity index (χ3n) is 3.86. The zero-order chi connectivity index (χ0) is 18.4. The average molecular weight is 419 g/mol. The number of carbonyl (C=O) groups is 2. The SMILES string of the molecule is O=C(CCN1C(=O)COc2ccccc21)NCCOc1cccc(Br)c1. The Morgan fingerprint density at radius 2 is 2.08 bits per heavy atom. The van der Waals surface area contributed by atoms with Crippen LogP contribution in [0.15, 0.2) is 53.0 Å². The molecule has 0 aliphatic carbocycles. The number of amides is 2. The number of rotatable bonds is 7. The molecule has 0 saturated carbocycles. The van der Waals surface area contributed by atoms with Crippen LogP contribution in [-0.2, 0) is 9.59 Å². The summed E-state index contributed by atoms with van der Waals surface area (Å²) in [5.41, 5.74) is 0.703. The van der Waals surface area contributed by atoms with Gasteiger partial charge in [-0.05, 0) is 30.3 Å². The van der Waals surface area contributed by atoms with E-state index in [2.05, 4.69) is 21.2 Å². The van der Waals surface area contributed by atoms with Crippen LogP contribution in [0.3, 0.4) is 0 Å². The van der Waals surface area contributed by atoms with E-state index in [0.717, 1.165) is 10.2 Å². The lowest BCUT2D eigenvalue weighted by Crippen LogP contribution is -2.41. The Kier molecular flexibility index (Phi) is 6.12. The number of carbonyl (C=O) groups excluding carboxylic acids is 2. The van der Waals surface area contributed by atoms with Crippen LogP contribution in [-0.4, -0.2) is 38.1 Å².